The SMILES string of the molecule is CSc1cccc(N(CC(=O)NC(C)c2ccc(C)c(C)c2)S(C)(=O)=O)c1. The largest absolute Gasteiger partial charge is 0.348 e. The molecule has 0 aliphatic heterocycles. The molecule has 1 amide bonds. The zero-order valence-corrected chi connectivity index (χ0v) is 17.9. The Morgan fingerprint density at radius 2 is 1.85 bits per heavy atom. The van der Waals surface area contributed by atoms with E-state index >= 15 is 0 Å². The minimum absolute atomic E-state index is 0.212. The number of nitrogens with one attached hydrogen (secondary N) is 1. The van der Waals surface area contributed by atoms with Crippen LogP contribution in [0.4, 0.5) is 5.69 Å². The standard InChI is InChI=1S/C20H26N2O3S2/c1-14-9-10-17(11-15(14)2)16(3)21-20(23)13-22(27(5,24)25)18-7-6-8-19(12-18)26-4/h6-12,16H,13H2,1-5H3,(H,21,23). The normalized spacial score (nSPS) is 12.5. The summed E-state index contributed by atoms with van der Waals surface area (Å²) in [4.78, 5) is 13.5. The second-order valence-corrected chi connectivity index (χ2v) is 9.39. The maximum Gasteiger partial charge on any atom is 0.241 e. The summed E-state index contributed by atoms with van der Waals surface area (Å²) < 4.78 is 25.6. The molecule has 0 radical (unpaired) electrons. The molecule has 0 heterocycles. The molecule has 5 nitrogen and oxygen atoms in total. The quantitative estimate of drug-likeness (QED) is 0.713. The molecule has 0 saturated heterocycles. The highest BCUT2D eigenvalue weighted by Crippen LogP contribution is 2.24. The number of benzene rings is 2. The van der Waals surface area contributed by atoms with Gasteiger partial charge in [0.05, 0.1) is 18.0 Å². The zero-order valence-electron chi connectivity index (χ0n) is 16.3. The first-order valence-corrected chi connectivity index (χ1v) is 11.7. The van der Waals surface area contributed by atoms with E-state index in [2.05, 4.69) is 5.32 Å². The third kappa shape index (κ3) is 5.74. The van der Waals surface area contributed by atoms with E-state index in [9.17, 15) is 13.2 Å². The topological polar surface area (TPSA) is 66.5 Å². The van der Waals surface area contributed by atoms with E-state index in [1.165, 1.54) is 17.3 Å². The summed E-state index contributed by atoms with van der Waals surface area (Å²) >= 11 is 1.52. The number of anilines is 1. The molecular weight excluding hydrogens is 380 g/mol. The predicted molar refractivity (Wildman–Crippen MR) is 113 cm³/mol. The second-order valence-electron chi connectivity index (χ2n) is 6.60. The number of carbonyl (C=O) groups is 1. The Hall–Kier alpha value is -1.99. The number of aryl methyl sites for hydroxylation is 2. The van der Waals surface area contributed by atoms with Crippen molar-refractivity contribution in [3.8, 4) is 0 Å². The molecule has 2 rings (SSSR count). The van der Waals surface area contributed by atoms with E-state index in [-0.39, 0.29) is 18.5 Å². The smallest absolute Gasteiger partial charge is 0.241 e. The van der Waals surface area contributed by atoms with Crippen LogP contribution in [0, 0.1) is 13.8 Å². The molecule has 0 aliphatic rings. The summed E-state index contributed by atoms with van der Waals surface area (Å²) in [5.41, 5.74) is 3.81. The molecule has 2 aromatic carbocycles. The van der Waals surface area contributed by atoms with Crippen molar-refractivity contribution in [2.45, 2.75) is 31.7 Å². The summed E-state index contributed by atoms with van der Waals surface area (Å²) in [6.45, 7) is 5.69. The lowest BCUT2D eigenvalue weighted by molar-refractivity contribution is -0.120. The number of hydrogen-bond acceptors (Lipinski definition) is 4. The van der Waals surface area contributed by atoms with E-state index < -0.39 is 10.0 Å². The van der Waals surface area contributed by atoms with Crippen LogP contribution in [0.15, 0.2) is 47.4 Å². The lowest BCUT2D eigenvalue weighted by atomic mass is 10.0. The fraction of sp³-hybridized carbons (Fsp3) is 0.350. The van der Waals surface area contributed by atoms with Crippen LogP contribution in [0.5, 0.6) is 0 Å². The molecule has 0 saturated carbocycles. The summed E-state index contributed by atoms with van der Waals surface area (Å²) in [7, 11) is -3.59. The molecule has 27 heavy (non-hydrogen) atoms. The number of carbonyl (C=O) groups excluding carboxylic acids is 1. The molecule has 0 aliphatic carbocycles. The van der Waals surface area contributed by atoms with E-state index in [0.717, 1.165) is 26.6 Å². The Bertz CT molecular complexity index is 927. The molecular formula is C20H26N2O3S2. The molecule has 0 fully saturated rings. The van der Waals surface area contributed by atoms with Gasteiger partial charge in [0.25, 0.3) is 0 Å². The highest BCUT2D eigenvalue weighted by molar-refractivity contribution is 7.98. The van der Waals surface area contributed by atoms with Crippen molar-refractivity contribution >= 4 is 33.4 Å². The number of sulfonamides is 1. The van der Waals surface area contributed by atoms with E-state index in [1.807, 2.05) is 51.3 Å². The number of hydrogen-bond donors (Lipinski definition) is 1. The summed E-state index contributed by atoms with van der Waals surface area (Å²) in [6, 6.07) is 13.0. The van der Waals surface area contributed by atoms with Crippen molar-refractivity contribution in [1.82, 2.24) is 5.32 Å². The summed E-state index contributed by atoms with van der Waals surface area (Å²) in [6.07, 6.45) is 3.03. The van der Waals surface area contributed by atoms with Gasteiger partial charge >= 0.3 is 0 Å². The van der Waals surface area contributed by atoms with Crippen LogP contribution in [0.1, 0.15) is 29.7 Å². The van der Waals surface area contributed by atoms with Crippen LogP contribution < -0.4 is 9.62 Å². The first-order valence-electron chi connectivity index (χ1n) is 8.60. The first-order chi connectivity index (χ1) is 12.6. The van der Waals surface area contributed by atoms with E-state index in [0.29, 0.717) is 5.69 Å². The van der Waals surface area contributed by atoms with Crippen molar-refractivity contribution < 1.29 is 13.2 Å². The molecule has 0 bridgehead atoms. The molecule has 1 unspecified atom stereocenters. The van der Waals surface area contributed by atoms with Gasteiger partial charge in [-0.05, 0) is 61.9 Å². The van der Waals surface area contributed by atoms with Crippen molar-refractivity contribution in [1.29, 1.82) is 0 Å². The van der Waals surface area contributed by atoms with Crippen LogP contribution in [-0.2, 0) is 14.8 Å². The van der Waals surface area contributed by atoms with Gasteiger partial charge in [-0.3, -0.25) is 9.10 Å². The van der Waals surface area contributed by atoms with Crippen molar-refractivity contribution in [3.63, 3.8) is 0 Å². The van der Waals surface area contributed by atoms with Crippen molar-refractivity contribution in [2.75, 3.05) is 23.4 Å². The van der Waals surface area contributed by atoms with Gasteiger partial charge in [-0.15, -0.1) is 11.8 Å². The average Bonchev–Trinajstić information content (AvgIpc) is 2.61. The van der Waals surface area contributed by atoms with Gasteiger partial charge in [0.1, 0.15) is 6.54 Å². The number of nitrogens with zero attached hydrogens (tertiary/aromatic N) is 1. The van der Waals surface area contributed by atoms with Gasteiger partial charge in [0.2, 0.25) is 15.9 Å². The fourth-order valence-electron chi connectivity index (χ4n) is 2.70. The second kappa shape index (κ2) is 8.80. The molecule has 0 spiro atoms. The fourth-order valence-corrected chi connectivity index (χ4v) is 4.00. The van der Waals surface area contributed by atoms with Crippen LogP contribution in [0.25, 0.3) is 0 Å². The third-order valence-electron chi connectivity index (χ3n) is 4.44. The Morgan fingerprint density at radius 1 is 1.15 bits per heavy atom. The zero-order chi connectivity index (χ0) is 20.2. The average molecular weight is 407 g/mol. The summed E-state index contributed by atoms with van der Waals surface area (Å²) in [5.74, 6) is -0.347. The highest BCUT2D eigenvalue weighted by atomic mass is 32.2. The lowest BCUT2D eigenvalue weighted by Crippen LogP contribution is -2.41. The van der Waals surface area contributed by atoms with Gasteiger partial charge in [-0.2, -0.15) is 0 Å². The Morgan fingerprint density at radius 3 is 2.44 bits per heavy atom. The maximum atomic E-state index is 12.5. The van der Waals surface area contributed by atoms with Crippen LogP contribution >= 0.6 is 11.8 Å². The molecule has 146 valence electrons. The van der Waals surface area contributed by atoms with Gasteiger partial charge in [-0.25, -0.2) is 8.42 Å². The van der Waals surface area contributed by atoms with Gasteiger partial charge in [0, 0.05) is 4.90 Å². The Kier molecular flexibility index (Phi) is 6.95. The highest BCUT2D eigenvalue weighted by Gasteiger charge is 2.22. The van der Waals surface area contributed by atoms with E-state index in [4.69, 9.17) is 0 Å². The Balaban J connectivity index is 2.17. The van der Waals surface area contributed by atoms with Crippen LogP contribution in [0.2, 0.25) is 0 Å². The third-order valence-corrected chi connectivity index (χ3v) is 6.30. The van der Waals surface area contributed by atoms with Crippen molar-refractivity contribution in [2.24, 2.45) is 0 Å². The Labute approximate surface area is 166 Å². The summed E-state index contributed by atoms with van der Waals surface area (Å²) in [5, 5.41) is 2.89. The van der Waals surface area contributed by atoms with E-state index in [1.54, 1.807) is 18.2 Å². The number of amides is 1. The molecule has 1 N–H and O–H groups in total. The monoisotopic (exact) mass is 406 g/mol. The van der Waals surface area contributed by atoms with Crippen molar-refractivity contribution in [3.05, 3.63) is 59.2 Å². The number of thioether (sulfide) groups is 1. The minimum Gasteiger partial charge on any atom is -0.348 e. The van der Waals surface area contributed by atoms with Crippen LogP contribution in [-0.4, -0.2) is 33.4 Å². The maximum absolute atomic E-state index is 12.5. The minimum atomic E-state index is -3.59. The van der Waals surface area contributed by atoms with Gasteiger partial charge in [0.15, 0.2) is 0 Å². The predicted octanol–water partition coefficient (Wildman–Crippen LogP) is 3.67. The molecule has 2 aromatic rings. The van der Waals surface area contributed by atoms with Gasteiger partial charge < -0.3 is 5.32 Å². The molecule has 0 aromatic heterocycles. The molecule has 1 atom stereocenters. The van der Waals surface area contributed by atoms with Gasteiger partial charge in [-0.1, -0.05) is 24.3 Å². The van der Waals surface area contributed by atoms with Crippen LogP contribution in [0.3, 0.4) is 0 Å². The first kappa shape index (κ1) is 21.3. The number of rotatable bonds is 7. The lowest BCUT2D eigenvalue weighted by Gasteiger charge is -2.24. The molecule has 7 heteroatoms.